The van der Waals surface area contributed by atoms with Crippen molar-refractivity contribution in [1.82, 2.24) is 19.9 Å². The largest absolute Gasteiger partial charge is 0.389 e. The molecule has 1 N–H and O–H groups in total. The van der Waals surface area contributed by atoms with Crippen LogP contribution in [0.2, 0.25) is 0 Å². The number of amides is 2. The van der Waals surface area contributed by atoms with Crippen molar-refractivity contribution in [2.24, 2.45) is 10.8 Å². The molecule has 0 aliphatic heterocycles. The molecule has 2 rings (SSSR count). The smallest absolute Gasteiger partial charge is 0.240 e. The van der Waals surface area contributed by atoms with Crippen LogP contribution in [0.25, 0.3) is 6.08 Å². The number of aryl methyl sites for hydroxylation is 2. The number of unbranched alkanes of at least 4 members (excludes halogenated alkanes) is 1. The molecule has 1 unspecified atom stereocenters. The molecule has 2 aromatic heterocycles. The Morgan fingerprint density at radius 3 is 2.12 bits per heavy atom. The average molecular weight is 468 g/mol. The monoisotopic (exact) mass is 467 g/mol. The van der Waals surface area contributed by atoms with Gasteiger partial charge in [0.1, 0.15) is 18.0 Å². The molecule has 0 radical (unpaired) electrons. The van der Waals surface area contributed by atoms with Gasteiger partial charge < -0.3 is 5.11 Å². The second-order valence-electron chi connectivity index (χ2n) is 10.5. The van der Waals surface area contributed by atoms with Gasteiger partial charge in [0, 0.05) is 40.5 Å². The summed E-state index contributed by atoms with van der Waals surface area (Å²) >= 11 is 0. The van der Waals surface area contributed by atoms with Crippen LogP contribution >= 0.6 is 0 Å². The van der Waals surface area contributed by atoms with E-state index >= 15 is 0 Å². The lowest BCUT2D eigenvalue weighted by Gasteiger charge is -2.31. The Bertz CT molecular complexity index is 978. The molecule has 2 amide bonds. The van der Waals surface area contributed by atoms with Crippen LogP contribution < -0.4 is 4.90 Å². The highest BCUT2D eigenvalue weighted by atomic mass is 16.3. The molecule has 0 bridgehead atoms. The van der Waals surface area contributed by atoms with Crippen molar-refractivity contribution in [3.8, 4) is 0 Å². The van der Waals surface area contributed by atoms with Crippen LogP contribution in [0.1, 0.15) is 77.9 Å². The normalized spacial score (nSPS) is 13.2. The Hall–Kier alpha value is -3.00. The Balaban J connectivity index is 2.00. The first-order chi connectivity index (χ1) is 15.8. The molecule has 1 atom stereocenters. The Morgan fingerprint density at radius 1 is 0.971 bits per heavy atom. The zero-order valence-electron chi connectivity index (χ0n) is 21.4. The van der Waals surface area contributed by atoms with Crippen molar-refractivity contribution in [3.63, 3.8) is 0 Å². The number of imide groups is 1. The van der Waals surface area contributed by atoms with Gasteiger partial charge in [-0.15, -0.1) is 0 Å². The van der Waals surface area contributed by atoms with Gasteiger partial charge in [-0.3, -0.25) is 9.59 Å². The minimum atomic E-state index is -0.736. The van der Waals surface area contributed by atoms with Crippen LogP contribution in [-0.2, 0) is 16.0 Å². The van der Waals surface area contributed by atoms with Gasteiger partial charge in [0.25, 0.3) is 0 Å². The third-order valence-electron chi connectivity index (χ3n) is 5.12. The maximum absolute atomic E-state index is 13.1. The van der Waals surface area contributed by atoms with E-state index in [4.69, 9.17) is 0 Å². The predicted octanol–water partition coefficient (Wildman–Crippen LogP) is 4.31. The zero-order chi connectivity index (χ0) is 25.5. The Kier molecular flexibility index (Phi) is 9.15. The van der Waals surface area contributed by atoms with Crippen molar-refractivity contribution in [2.75, 3.05) is 4.90 Å². The number of nitrogens with zero attached hydrogens (tertiary/aromatic N) is 5. The first-order valence-corrected chi connectivity index (χ1v) is 11.6. The van der Waals surface area contributed by atoms with Crippen molar-refractivity contribution in [1.29, 1.82) is 0 Å². The van der Waals surface area contributed by atoms with Gasteiger partial charge in [0.15, 0.2) is 0 Å². The highest BCUT2D eigenvalue weighted by molar-refractivity contribution is 6.17. The van der Waals surface area contributed by atoms with Gasteiger partial charge in [-0.2, -0.15) is 0 Å². The van der Waals surface area contributed by atoms with E-state index in [0.29, 0.717) is 24.5 Å². The maximum atomic E-state index is 13.1. The lowest BCUT2D eigenvalue weighted by Crippen LogP contribution is -2.48. The van der Waals surface area contributed by atoms with Crippen LogP contribution in [0.5, 0.6) is 0 Å². The van der Waals surface area contributed by atoms with Crippen LogP contribution in [0.4, 0.5) is 5.82 Å². The standard InChI is InChI=1S/C26H37N5O3/c1-18-27-15-19(16-28-18)12-13-21(32)11-9-8-10-20-14-22(30-17-29-20)31(23(33)25(2,3)4)24(34)26(5,6)7/h12-17,21,32H,8-11H2,1-7H3. The molecule has 34 heavy (non-hydrogen) atoms. The van der Waals surface area contributed by atoms with Gasteiger partial charge in [-0.25, -0.2) is 24.8 Å². The van der Waals surface area contributed by atoms with E-state index in [9.17, 15) is 14.7 Å². The molecule has 8 heteroatoms. The van der Waals surface area contributed by atoms with E-state index in [2.05, 4.69) is 19.9 Å². The maximum Gasteiger partial charge on any atom is 0.240 e. The fraction of sp³-hybridized carbons (Fsp3) is 0.538. The topological polar surface area (TPSA) is 109 Å². The third-order valence-corrected chi connectivity index (χ3v) is 5.12. The van der Waals surface area contributed by atoms with Gasteiger partial charge in [-0.05, 0) is 26.2 Å². The summed E-state index contributed by atoms with van der Waals surface area (Å²) in [6.45, 7) is 12.5. The quantitative estimate of drug-likeness (QED) is 0.576. The van der Waals surface area contributed by atoms with Gasteiger partial charge in [0.2, 0.25) is 11.8 Å². The van der Waals surface area contributed by atoms with Crippen molar-refractivity contribution in [3.05, 3.63) is 47.9 Å². The minimum Gasteiger partial charge on any atom is -0.389 e. The summed E-state index contributed by atoms with van der Waals surface area (Å²) in [5.74, 6) is 0.407. The van der Waals surface area contributed by atoms with Crippen LogP contribution in [0.15, 0.2) is 30.9 Å². The Morgan fingerprint density at radius 2 is 1.56 bits per heavy atom. The molecule has 0 aliphatic carbocycles. The number of hydrogen-bond acceptors (Lipinski definition) is 7. The Labute approximate surface area is 202 Å². The molecule has 8 nitrogen and oxygen atoms in total. The molecular formula is C26H37N5O3. The first-order valence-electron chi connectivity index (χ1n) is 11.6. The van der Waals surface area contributed by atoms with Crippen molar-refractivity contribution < 1.29 is 14.7 Å². The van der Waals surface area contributed by atoms with E-state index in [-0.39, 0.29) is 11.8 Å². The number of aromatic nitrogens is 4. The zero-order valence-corrected chi connectivity index (χ0v) is 21.4. The van der Waals surface area contributed by atoms with E-state index in [0.717, 1.165) is 24.1 Å². The molecular weight excluding hydrogens is 430 g/mol. The summed E-state index contributed by atoms with van der Waals surface area (Å²) in [6.07, 6.45) is 10.7. The minimum absolute atomic E-state index is 0.299. The summed E-state index contributed by atoms with van der Waals surface area (Å²) in [5, 5.41) is 10.2. The summed E-state index contributed by atoms with van der Waals surface area (Å²) in [6, 6.07) is 1.71. The van der Waals surface area contributed by atoms with Gasteiger partial charge >= 0.3 is 0 Å². The molecule has 0 aliphatic rings. The van der Waals surface area contributed by atoms with Crippen LogP contribution in [0, 0.1) is 17.8 Å². The second-order valence-corrected chi connectivity index (χ2v) is 10.5. The first kappa shape index (κ1) is 27.2. The molecule has 0 aromatic carbocycles. The molecule has 0 saturated heterocycles. The van der Waals surface area contributed by atoms with E-state index in [1.54, 1.807) is 66.1 Å². The van der Waals surface area contributed by atoms with Crippen LogP contribution in [0.3, 0.4) is 0 Å². The number of carbonyl (C=O) groups excluding carboxylic acids is 2. The van der Waals surface area contributed by atoms with E-state index in [1.807, 2.05) is 13.0 Å². The second kappa shape index (κ2) is 11.4. The van der Waals surface area contributed by atoms with E-state index < -0.39 is 16.9 Å². The fourth-order valence-electron chi connectivity index (χ4n) is 3.08. The number of rotatable bonds is 8. The summed E-state index contributed by atoms with van der Waals surface area (Å²) in [4.78, 5) is 44.2. The summed E-state index contributed by atoms with van der Waals surface area (Å²) < 4.78 is 0. The lowest BCUT2D eigenvalue weighted by molar-refractivity contribution is -0.134. The number of carbonyl (C=O) groups is 2. The SMILES string of the molecule is Cc1ncc(C=CC(O)CCCCc2cc(N(C(=O)C(C)(C)C)C(=O)C(C)(C)C)ncn2)cn1. The van der Waals surface area contributed by atoms with Crippen molar-refractivity contribution in [2.45, 2.75) is 80.3 Å². The number of aliphatic hydroxyl groups is 1. The molecule has 184 valence electrons. The summed E-state index contributed by atoms with van der Waals surface area (Å²) in [7, 11) is 0. The lowest BCUT2D eigenvalue weighted by atomic mass is 9.90. The number of hydrogen-bond donors (Lipinski definition) is 1. The number of anilines is 1. The predicted molar refractivity (Wildman–Crippen MR) is 133 cm³/mol. The third kappa shape index (κ3) is 8.09. The molecule has 0 fully saturated rings. The average Bonchev–Trinajstić information content (AvgIpc) is 2.75. The molecule has 0 spiro atoms. The van der Waals surface area contributed by atoms with E-state index in [1.165, 1.54) is 11.2 Å². The highest BCUT2D eigenvalue weighted by Crippen LogP contribution is 2.28. The summed E-state index contributed by atoms with van der Waals surface area (Å²) in [5.41, 5.74) is 0.124. The van der Waals surface area contributed by atoms with Crippen LogP contribution in [-0.4, -0.2) is 43.0 Å². The highest BCUT2D eigenvalue weighted by Gasteiger charge is 2.38. The molecule has 0 saturated carbocycles. The van der Waals surface area contributed by atoms with Gasteiger partial charge in [-0.1, -0.05) is 60.1 Å². The van der Waals surface area contributed by atoms with Gasteiger partial charge in [0.05, 0.1) is 6.10 Å². The fourth-order valence-corrected chi connectivity index (χ4v) is 3.08. The number of aliphatic hydroxyl groups excluding tert-OH is 1. The van der Waals surface area contributed by atoms with Crippen molar-refractivity contribution >= 4 is 23.7 Å². The molecule has 2 heterocycles. The molecule has 2 aromatic rings.